The highest BCUT2D eigenvalue weighted by Gasteiger charge is 2.26. The molecule has 1 saturated heterocycles. The van der Waals surface area contributed by atoms with Crippen molar-refractivity contribution in [2.45, 2.75) is 52.4 Å². The van der Waals surface area contributed by atoms with Crippen molar-refractivity contribution < 1.29 is 23.7 Å². The van der Waals surface area contributed by atoms with Gasteiger partial charge in [0.05, 0.1) is 37.4 Å². The summed E-state index contributed by atoms with van der Waals surface area (Å²) >= 11 is 6.11. The summed E-state index contributed by atoms with van der Waals surface area (Å²) in [5.41, 5.74) is 0.778. The molecular weight excluding hydrogens is 344 g/mol. The van der Waals surface area contributed by atoms with Crippen LogP contribution in [0.5, 0.6) is 5.75 Å². The lowest BCUT2D eigenvalue weighted by atomic mass is 9.97. The van der Waals surface area contributed by atoms with Gasteiger partial charge in [-0.2, -0.15) is 0 Å². The van der Waals surface area contributed by atoms with Gasteiger partial charge in [0.1, 0.15) is 5.75 Å². The highest BCUT2D eigenvalue weighted by atomic mass is 35.5. The number of hydrogen-bond acceptors (Lipinski definition) is 5. The van der Waals surface area contributed by atoms with E-state index in [0.717, 1.165) is 18.4 Å². The Morgan fingerprint density at radius 2 is 2.04 bits per heavy atom. The fourth-order valence-electron chi connectivity index (χ4n) is 2.95. The predicted molar refractivity (Wildman–Crippen MR) is 95.8 cm³/mol. The minimum absolute atomic E-state index is 0.151. The highest BCUT2D eigenvalue weighted by molar-refractivity contribution is 6.30. The molecule has 1 aromatic rings. The third-order valence-corrected chi connectivity index (χ3v) is 4.28. The van der Waals surface area contributed by atoms with E-state index in [0.29, 0.717) is 37.0 Å². The Kier molecular flexibility index (Phi) is 8.00. The Hall–Kier alpha value is -1.30. The molecule has 0 radical (unpaired) electrons. The van der Waals surface area contributed by atoms with E-state index in [1.54, 1.807) is 12.1 Å². The lowest BCUT2D eigenvalue weighted by Crippen LogP contribution is -2.25. The SMILES string of the molecule is CCCC(CC(C)Oc1ccc(Cl)cc1C1OCCO1)C(=O)OCC. The van der Waals surface area contributed by atoms with Gasteiger partial charge in [-0.15, -0.1) is 0 Å². The number of rotatable bonds is 9. The lowest BCUT2D eigenvalue weighted by molar-refractivity contribution is -0.149. The van der Waals surface area contributed by atoms with Gasteiger partial charge < -0.3 is 18.9 Å². The quantitative estimate of drug-likeness (QED) is 0.598. The average Bonchev–Trinajstić information content (AvgIpc) is 3.10. The Morgan fingerprint density at radius 3 is 2.68 bits per heavy atom. The van der Waals surface area contributed by atoms with Crippen LogP contribution in [0.1, 0.15) is 51.9 Å². The molecule has 5 nitrogen and oxygen atoms in total. The van der Waals surface area contributed by atoms with Crippen LogP contribution in [0.25, 0.3) is 0 Å². The summed E-state index contributed by atoms with van der Waals surface area (Å²) < 4.78 is 22.4. The number of esters is 1. The summed E-state index contributed by atoms with van der Waals surface area (Å²) in [6.45, 7) is 7.33. The molecule has 6 heteroatoms. The predicted octanol–water partition coefficient (Wildman–Crippen LogP) is 4.52. The number of halogens is 1. The molecule has 0 aliphatic carbocycles. The molecule has 25 heavy (non-hydrogen) atoms. The standard InChI is InChI=1S/C19H27ClO5/c1-4-6-14(18(21)22-5-2)11-13(3)25-17-8-7-15(20)12-16(17)19-23-9-10-24-19/h7-8,12-14,19H,4-6,9-11H2,1-3H3. The molecule has 0 N–H and O–H groups in total. The molecule has 0 amide bonds. The van der Waals surface area contributed by atoms with Gasteiger partial charge >= 0.3 is 5.97 Å². The monoisotopic (exact) mass is 370 g/mol. The van der Waals surface area contributed by atoms with Crippen molar-refractivity contribution in [1.82, 2.24) is 0 Å². The van der Waals surface area contributed by atoms with Crippen molar-refractivity contribution in [2.75, 3.05) is 19.8 Å². The van der Waals surface area contributed by atoms with E-state index in [1.165, 1.54) is 0 Å². The van der Waals surface area contributed by atoms with Crippen LogP contribution >= 0.6 is 11.6 Å². The molecule has 1 aliphatic heterocycles. The van der Waals surface area contributed by atoms with Gasteiger partial charge in [0, 0.05) is 5.02 Å². The van der Waals surface area contributed by atoms with Crippen LogP contribution in [0, 0.1) is 5.92 Å². The van der Waals surface area contributed by atoms with Crippen LogP contribution in [0.15, 0.2) is 18.2 Å². The van der Waals surface area contributed by atoms with Crippen molar-refractivity contribution in [1.29, 1.82) is 0 Å². The number of carbonyl (C=O) groups excluding carboxylic acids is 1. The van der Waals surface area contributed by atoms with E-state index >= 15 is 0 Å². The zero-order valence-electron chi connectivity index (χ0n) is 15.1. The van der Waals surface area contributed by atoms with Gasteiger partial charge in [-0.25, -0.2) is 0 Å². The van der Waals surface area contributed by atoms with E-state index in [9.17, 15) is 4.79 Å². The Bertz CT molecular complexity index is 557. The fraction of sp³-hybridized carbons (Fsp3) is 0.632. The van der Waals surface area contributed by atoms with Crippen molar-refractivity contribution in [2.24, 2.45) is 5.92 Å². The average molecular weight is 371 g/mol. The Morgan fingerprint density at radius 1 is 1.32 bits per heavy atom. The molecule has 0 aromatic heterocycles. The largest absolute Gasteiger partial charge is 0.490 e. The summed E-state index contributed by atoms with van der Waals surface area (Å²) in [6, 6.07) is 5.39. The molecule has 1 aliphatic rings. The molecule has 0 spiro atoms. The summed E-state index contributed by atoms with van der Waals surface area (Å²) in [5, 5.41) is 0.601. The van der Waals surface area contributed by atoms with E-state index in [1.807, 2.05) is 19.9 Å². The smallest absolute Gasteiger partial charge is 0.309 e. The van der Waals surface area contributed by atoms with Crippen molar-refractivity contribution in [3.63, 3.8) is 0 Å². The third-order valence-electron chi connectivity index (χ3n) is 4.05. The number of carbonyl (C=O) groups is 1. The minimum Gasteiger partial charge on any atom is -0.490 e. The molecule has 0 saturated carbocycles. The van der Waals surface area contributed by atoms with Crippen LogP contribution < -0.4 is 4.74 Å². The molecule has 2 rings (SSSR count). The van der Waals surface area contributed by atoms with E-state index in [-0.39, 0.29) is 18.0 Å². The van der Waals surface area contributed by atoms with Crippen molar-refractivity contribution in [3.05, 3.63) is 28.8 Å². The summed E-state index contributed by atoms with van der Waals surface area (Å²) in [4.78, 5) is 12.1. The maximum atomic E-state index is 12.1. The van der Waals surface area contributed by atoms with Gasteiger partial charge in [0.25, 0.3) is 0 Å². The van der Waals surface area contributed by atoms with E-state index in [2.05, 4.69) is 6.92 Å². The molecule has 1 heterocycles. The first-order valence-corrected chi connectivity index (χ1v) is 9.28. The maximum absolute atomic E-state index is 12.1. The van der Waals surface area contributed by atoms with Gasteiger partial charge in [0.15, 0.2) is 6.29 Å². The number of ether oxygens (including phenoxy) is 4. The third kappa shape index (κ3) is 5.87. The zero-order valence-corrected chi connectivity index (χ0v) is 15.9. The summed E-state index contributed by atoms with van der Waals surface area (Å²) in [6.07, 6.45) is 1.70. The van der Waals surface area contributed by atoms with Crippen LogP contribution in [0.4, 0.5) is 0 Å². The van der Waals surface area contributed by atoms with Gasteiger partial charge in [0.2, 0.25) is 0 Å². The van der Waals surface area contributed by atoms with Gasteiger partial charge in [-0.1, -0.05) is 24.9 Å². The minimum atomic E-state index is -0.461. The first-order chi connectivity index (χ1) is 12.0. The summed E-state index contributed by atoms with van der Waals surface area (Å²) in [7, 11) is 0. The van der Waals surface area contributed by atoms with E-state index < -0.39 is 6.29 Å². The van der Waals surface area contributed by atoms with Crippen molar-refractivity contribution in [3.8, 4) is 5.75 Å². The van der Waals surface area contributed by atoms with Crippen molar-refractivity contribution >= 4 is 17.6 Å². The van der Waals surface area contributed by atoms with Crippen LogP contribution in [-0.4, -0.2) is 31.9 Å². The molecule has 0 bridgehead atoms. The summed E-state index contributed by atoms with van der Waals surface area (Å²) in [5.74, 6) is 0.358. The Balaban J connectivity index is 2.05. The first-order valence-electron chi connectivity index (χ1n) is 8.91. The van der Waals surface area contributed by atoms with Crippen LogP contribution in [0.2, 0.25) is 5.02 Å². The number of benzene rings is 1. The molecule has 1 aromatic carbocycles. The highest BCUT2D eigenvalue weighted by Crippen LogP contribution is 2.34. The normalized spacial score (nSPS) is 17.3. The zero-order chi connectivity index (χ0) is 18.2. The lowest BCUT2D eigenvalue weighted by Gasteiger charge is -2.23. The number of hydrogen-bond donors (Lipinski definition) is 0. The molecule has 140 valence electrons. The molecule has 2 unspecified atom stereocenters. The van der Waals surface area contributed by atoms with E-state index in [4.69, 9.17) is 30.5 Å². The fourth-order valence-corrected chi connectivity index (χ4v) is 3.14. The molecule has 2 atom stereocenters. The van der Waals surface area contributed by atoms with Gasteiger partial charge in [-0.3, -0.25) is 4.79 Å². The first kappa shape index (κ1) is 20.0. The van der Waals surface area contributed by atoms with Crippen LogP contribution in [0.3, 0.4) is 0 Å². The molecular formula is C19H27ClO5. The van der Waals surface area contributed by atoms with Crippen LogP contribution in [-0.2, 0) is 19.0 Å². The van der Waals surface area contributed by atoms with Gasteiger partial charge in [-0.05, 0) is 44.9 Å². The Labute approximate surface area is 154 Å². The topological polar surface area (TPSA) is 54.0 Å². The maximum Gasteiger partial charge on any atom is 0.309 e. The second kappa shape index (κ2) is 10.00. The second-order valence-corrected chi connectivity index (χ2v) is 6.59. The molecule has 1 fully saturated rings. The second-order valence-electron chi connectivity index (χ2n) is 6.16.